The molecule has 2 N–H and O–H groups in total. The molecular formula is C20H36IN3O2. The van der Waals surface area contributed by atoms with Crippen LogP contribution in [-0.2, 0) is 4.74 Å². The van der Waals surface area contributed by atoms with Gasteiger partial charge in [-0.15, -0.1) is 24.0 Å². The predicted molar refractivity (Wildman–Crippen MR) is 121 cm³/mol. The summed E-state index contributed by atoms with van der Waals surface area (Å²) in [6, 6.07) is 8.14. The predicted octanol–water partition coefficient (Wildman–Crippen LogP) is 4.03. The van der Waals surface area contributed by atoms with Crippen LogP contribution >= 0.6 is 24.0 Å². The van der Waals surface area contributed by atoms with Crippen LogP contribution in [0.1, 0.15) is 45.6 Å². The Bertz CT molecular complexity index is 524. The standard InChI is InChI=1S/C20H35N3O2.HI/c1-7-25-18(15(2)3)12-13-22-20(21-5)23-14-16(4)17-10-8-9-11-19(17)24-6;/h8-11,15-16,18H,7,12-14H2,1-6H3,(H2,21,22,23);1H. The zero-order valence-corrected chi connectivity index (χ0v) is 19.4. The number of hydrogen-bond acceptors (Lipinski definition) is 3. The molecule has 2 unspecified atom stereocenters. The number of benzene rings is 1. The minimum Gasteiger partial charge on any atom is -0.496 e. The molecule has 0 bridgehead atoms. The highest BCUT2D eigenvalue weighted by molar-refractivity contribution is 14.0. The summed E-state index contributed by atoms with van der Waals surface area (Å²) in [6.45, 7) is 11.0. The molecule has 0 aliphatic carbocycles. The van der Waals surface area contributed by atoms with Crippen molar-refractivity contribution in [2.75, 3.05) is 33.9 Å². The fourth-order valence-corrected chi connectivity index (χ4v) is 2.81. The second-order valence-corrected chi connectivity index (χ2v) is 6.55. The van der Waals surface area contributed by atoms with Gasteiger partial charge in [0.2, 0.25) is 0 Å². The molecule has 0 heterocycles. The summed E-state index contributed by atoms with van der Waals surface area (Å²) in [5.41, 5.74) is 1.20. The number of para-hydroxylation sites is 1. The Hall–Kier alpha value is -1.02. The lowest BCUT2D eigenvalue weighted by Gasteiger charge is -2.22. The first kappa shape index (κ1) is 25.0. The number of rotatable bonds is 10. The lowest BCUT2D eigenvalue weighted by Crippen LogP contribution is -2.40. The van der Waals surface area contributed by atoms with Crippen molar-refractivity contribution in [2.45, 2.75) is 46.1 Å². The van der Waals surface area contributed by atoms with Gasteiger partial charge < -0.3 is 20.1 Å². The molecule has 0 radical (unpaired) electrons. The monoisotopic (exact) mass is 477 g/mol. The molecule has 0 fully saturated rings. The quantitative estimate of drug-likeness (QED) is 0.304. The van der Waals surface area contributed by atoms with Crippen LogP contribution in [0.15, 0.2) is 29.3 Å². The second-order valence-electron chi connectivity index (χ2n) is 6.55. The van der Waals surface area contributed by atoms with Crippen molar-refractivity contribution in [1.82, 2.24) is 10.6 Å². The fraction of sp³-hybridized carbons (Fsp3) is 0.650. The maximum atomic E-state index is 5.79. The van der Waals surface area contributed by atoms with Gasteiger partial charge in [0.05, 0.1) is 13.2 Å². The van der Waals surface area contributed by atoms with Gasteiger partial charge in [-0.05, 0) is 30.9 Å². The number of methoxy groups -OCH3 is 1. The molecule has 0 saturated heterocycles. The smallest absolute Gasteiger partial charge is 0.190 e. The lowest BCUT2D eigenvalue weighted by atomic mass is 10.0. The summed E-state index contributed by atoms with van der Waals surface area (Å²) in [5, 5.41) is 6.77. The first-order valence-electron chi connectivity index (χ1n) is 9.22. The zero-order chi connectivity index (χ0) is 18.7. The highest BCUT2D eigenvalue weighted by atomic mass is 127. The van der Waals surface area contributed by atoms with E-state index in [1.807, 2.05) is 25.1 Å². The Morgan fingerprint density at radius 1 is 1.15 bits per heavy atom. The Labute approximate surface area is 176 Å². The van der Waals surface area contributed by atoms with Crippen molar-refractivity contribution < 1.29 is 9.47 Å². The fourth-order valence-electron chi connectivity index (χ4n) is 2.81. The highest BCUT2D eigenvalue weighted by Gasteiger charge is 2.14. The molecule has 0 spiro atoms. The van der Waals surface area contributed by atoms with Gasteiger partial charge in [0.25, 0.3) is 0 Å². The average Bonchev–Trinajstić information content (AvgIpc) is 2.63. The third-order valence-corrected chi connectivity index (χ3v) is 4.31. The number of nitrogens with one attached hydrogen (secondary N) is 2. The molecule has 0 saturated carbocycles. The number of halogens is 1. The molecule has 6 heteroatoms. The van der Waals surface area contributed by atoms with E-state index in [1.165, 1.54) is 5.56 Å². The molecule has 0 amide bonds. The second kappa shape index (κ2) is 14.1. The SMILES string of the molecule is CCOC(CCNC(=NC)NCC(C)c1ccccc1OC)C(C)C.I. The summed E-state index contributed by atoms with van der Waals surface area (Å²) in [4.78, 5) is 4.31. The van der Waals surface area contributed by atoms with Crippen LogP contribution in [0.4, 0.5) is 0 Å². The van der Waals surface area contributed by atoms with E-state index in [4.69, 9.17) is 9.47 Å². The number of guanidine groups is 1. The molecule has 1 rings (SSSR count). The molecule has 26 heavy (non-hydrogen) atoms. The molecule has 0 aromatic heterocycles. The van der Waals surface area contributed by atoms with Crippen molar-refractivity contribution in [3.8, 4) is 5.75 Å². The van der Waals surface area contributed by atoms with Crippen LogP contribution in [0.25, 0.3) is 0 Å². The lowest BCUT2D eigenvalue weighted by molar-refractivity contribution is 0.0258. The van der Waals surface area contributed by atoms with Crippen LogP contribution in [-0.4, -0.2) is 45.9 Å². The van der Waals surface area contributed by atoms with E-state index in [-0.39, 0.29) is 30.1 Å². The van der Waals surface area contributed by atoms with Gasteiger partial charge in [-0.25, -0.2) is 0 Å². The Morgan fingerprint density at radius 2 is 1.85 bits per heavy atom. The summed E-state index contributed by atoms with van der Waals surface area (Å²) in [7, 11) is 3.51. The Kier molecular flexibility index (Phi) is 13.5. The van der Waals surface area contributed by atoms with Gasteiger partial charge in [-0.2, -0.15) is 0 Å². The number of aliphatic imine (C=N–C) groups is 1. The molecule has 150 valence electrons. The van der Waals surface area contributed by atoms with Gasteiger partial charge in [0, 0.05) is 32.7 Å². The van der Waals surface area contributed by atoms with E-state index < -0.39 is 0 Å². The molecule has 0 aliphatic rings. The zero-order valence-electron chi connectivity index (χ0n) is 17.0. The van der Waals surface area contributed by atoms with Crippen molar-refractivity contribution >= 4 is 29.9 Å². The molecule has 0 aliphatic heterocycles. The van der Waals surface area contributed by atoms with Crippen molar-refractivity contribution in [3.05, 3.63) is 29.8 Å². The molecule has 2 atom stereocenters. The normalized spacial score (nSPS) is 13.7. The number of hydrogen-bond donors (Lipinski definition) is 2. The van der Waals surface area contributed by atoms with Gasteiger partial charge >= 0.3 is 0 Å². The minimum absolute atomic E-state index is 0. The molecule has 5 nitrogen and oxygen atoms in total. The van der Waals surface area contributed by atoms with Crippen LogP contribution in [0.5, 0.6) is 5.75 Å². The van der Waals surface area contributed by atoms with Gasteiger partial charge in [0.15, 0.2) is 5.96 Å². The van der Waals surface area contributed by atoms with Crippen LogP contribution in [0.2, 0.25) is 0 Å². The Balaban J connectivity index is 0.00000625. The largest absolute Gasteiger partial charge is 0.496 e. The number of nitrogens with zero attached hydrogens (tertiary/aromatic N) is 1. The first-order valence-corrected chi connectivity index (χ1v) is 9.22. The average molecular weight is 477 g/mol. The third kappa shape index (κ3) is 8.58. The summed E-state index contributed by atoms with van der Waals surface area (Å²) >= 11 is 0. The van der Waals surface area contributed by atoms with Gasteiger partial charge in [-0.1, -0.05) is 39.0 Å². The van der Waals surface area contributed by atoms with Gasteiger partial charge in [0.1, 0.15) is 5.75 Å². The van der Waals surface area contributed by atoms with Crippen molar-refractivity contribution in [2.24, 2.45) is 10.9 Å². The van der Waals surface area contributed by atoms with Crippen LogP contribution < -0.4 is 15.4 Å². The maximum absolute atomic E-state index is 5.79. The molecular weight excluding hydrogens is 441 g/mol. The summed E-state index contributed by atoms with van der Waals surface area (Å²) in [6.07, 6.45) is 1.25. The topological polar surface area (TPSA) is 54.9 Å². The van der Waals surface area contributed by atoms with E-state index in [0.29, 0.717) is 11.8 Å². The summed E-state index contributed by atoms with van der Waals surface area (Å²) < 4.78 is 11.2. The van der Waals surface area contributed by atoms with E-state index in [9.17, 15) is 0 Å². The minimum atomic E-state index is 0. The maximum Gasteiger partial charge on any atom is 0.190 e. The van der Waals surface area contributed by atoms with E-state index in [1.54, 1.807) is 14.2 Å². The van der Waals surface area contributed by atoms with E-state index in [2.05, 4.69) is 42.5 Å². The third-order valence-electron chi connectivity index (χ3n) is 4.31. The van der Waals surface area contributed by atoms with E-state index >= 15 is 0 Å². The van der Waals surface area contributed by atoms with Crippen LogP contribution in [0, 0.1) is 5.92 Å². The van der Waals surface area contributed by atoms with Gasteiger partial charge in [-0.3, -0.25) is 4.99 Å². The summed E-state index contributed by atoms with van der Waals surface area (Å²) in [5.74, 6) is 2.58. The number of ether oxygens (including phenoxy) is 2. The van der Waals surface area contributed by atoms with Crippen molar-refractivity contribution in [3.63, 3.8) is 0 Å². The van der Waals surface area contributed by atoms with Crippen LogP contribution in [0.3, 0.4) is 0 Å². The molecule has 1 aromatic rings. The first-order chi connectivity index (χ1) is 12.0. The highest BCUT2D eigenvalue weighted by Crippen LogP contribution is 2.25. The van der Waals surface area contributed by atoms with Crippen molar-refractivity contribution in [1.29, 1.82) is 0 Å². The Morgan fingerprint density at radius 3 is 2.42 bits per heavy atom. The molecule has 1 aromatic carbocycles. The van der Waals surface area contributed by atoms with E-state index in [0.717, 1.165) is 37.8 Å².